The van der Waals surface area contributed by atoms with Crippen molar-refractivity contribution in [2.24, 2.45) is 10.8 Å². The SMILES string of the molecule is CC1(C)CCCC12CCN(Cc1ccccc1)C2=O. The van der Waals surface area contributed by atoms with Gasteiger partial charge in [0.25, 0.3) is 0 Å². The van der Waals surface area contributed by atoms with Crippen molar-refractivity contribution in [1.82, 2.24) is 4.90 Å². The topological polar surface area (TPSA) is 20.3 Å². The molecule has 2 nitrogen and oxygen atoms in total. The summed E-state index contributed by atoms with van der Waals surface area (Å²) < 4.78 is 0. The van der Waals surface area contributed by atoms with Gasteiger partial charge in [0.05, 0.1) is 5.41 Å². The van der Waals surface area contributed by atoms with E-state index in [1.165, 1.54) is 18.4 Å². The summed E-state index contributed by atoms with van der Waals surface area (Å²) in [5.41, 5.74) is 1.35. The van der Waals surface area contributed by atoms with Crippen molar-refractivity contribution in [2.75, 3.05) is 6.54 Å². The molecule has 1 aliphatic heterocycles. The van der Waals surface area contributed by atoms with Crippen molar-refractivity contribution < 1.29 is 4.79 Å². The van der Waals surface area contributed by atoms with Gasteiger partial charge in [0.2, 0.25) is 5.91 Å². The van der Waals surface area contributed by atoms with E-state index < -0.39 is 0 Å². The van der Waals surface area contributed by atoms with Crippen molar-refractivity contribution in [3.63, 3.8) is 0 Å². The van der Waals surface area contributed by atoms with E-state index in [-0.39, 0.29) is 10.8 Å². The molecule has 2 aliphatic rings. The quantitative estimate of drug-likeness (QED) is 0.792. The lowest BCUT2D eigenvalue weighted by atomic mass is 9.67. The highest BCUT2D eigenvalue weighted by atomic mass is 16.2. The molecule has 0 N–H and O–H groups in total. The Kier molecular flexibility index (Phi) is 2.92. The highest BCUT2D eigenvalue weighted by Gasteiger charge is 2.58. The highest BCUT2D eigenvalue weighted by Crippen LogP contribution is 2.58. The van der Waals surface area contributed by atoms with Crippen LogP contribution in [0.4, 0.5) is 0 Å². The summed E-state index contributed by atoms with van der Waals surface area (Å²) in [6.07, 6.45) is 4.53. The maximum atomic E-state index is 12.9. The van der Waals surface area contributed by atoms with Crippen LogP contribution in [0.25, 0.3) is 0 Å². The van der Waals surface area contributed by atoms with Gasteiger partial charge in [-0.3, -0.25) is 4.79 Å². The van der Waals surface area contributed by atoms with Gasteiger partial charge in [0, 0.05) is 13.1 Å². The smallest absolute Gasteiger partial charge is 0.229 e. The van der Waals surface area contributed by atoms with E-state index in [2.05, 4.69) is 30.9 Å². The molecule has 1 saturated heterocycles. The second kappa shape index (κ2) is 4.36. The van der Waals surface area contributed by atoms with Crippen LogP contribution in [-0.2, 0) is 11.3 Å². The van der Waals surface area contributed by atoms with Crippen molar-refractivity contribution >= 4 is 5.91 Å². The maximum Gasteiger partial charge on any atom is 0.229 e. The van der Waals surface area contributed by atoms with Crippen LogP contribution < -0.4 is 0 Å². The van der Waals surface area contributed by atoms with E-state index in [9.17, 15) is 4.79 Å². The molecule has 0 aromatic heterocycles. The van der Waals surface area contributed by atoms with Crippen LogP contribution in [-0.4, -0.2) is 17.4 Å². The van der Waals surface area contributed by atoms with E-state index in [0.717, 1.165) is 25.9 Å². The summed E-state index contributed by atoms with van der Waals surface area (Å²) in [6, 6.07) is 10.3. The first kappa shape index (κ1) is 12.7. The van der Waals surface area contributed by atoms with Gasteiger partial charge in [-0.25, -0.2) is 0 Å². The third-order valence-corrected chi connectivity index (χ3v) is 5.42. The van der Waals surface area contributed by atoms with E-state index in [1.54, 1.807) is 0 Å². The number of rotatable bonds is 2. The van der Waals surface area contributed by atoms with Crippen LogP contribution in [0.15, 0.2) is 30.3 Å². The minimum atomic E-state index is -0.0677. The number of benzene rings is 1. The van der Waals surface area contributed by atoms with Crippen molar-refractivity contribution in [1.29, 1.82) is 0 Å². The molecule has 1 saturated carbocycles. The summed E-state index contributed by atoms with van der Waals surface area (Å²) in [5, 5.41) is 0. The molecular formula is C17H23NO. The van der Waals surface area contributed by atoms with Gasteiger partial charge in [-0.05, 0) is 30.2 Å². The van der Waals surface area contributed by atoms with E-state index in [0.29, 0.717) is 5.91 Å². The first-order valence-electron chi connectivity index (χ1n) is 7.39. The molecule has 0 bridgehead atoms. The fourth-order valence-corrected chi connectivity index (χ4v) is 4.06. The number of nitrogens with zero attached hydrogens (tertiary/aromatic N) is 1. The molecule has 1 amide bonds. The van der Waals surface area contributed by atoms with Gasteiger partial charge >= 0.3 is 0 Å². The Bertz CT molecular complexity index is 479. The van der Waals surface area contributed by atoms with E-state index >= 15 is 0 Å². The minimum absolute atomic E-state index is 0.0677. The molecule has 2 fully saturated rings. The van der Waals surface area contributed by atoms with Gasteiger partial charge in [0.15, 0.2) is 0 Å². The van der Waals surface area contributed by atoms with Crippen LogP contribution in [0, 0.1) is 10.8 Å². The van der Waals surface area contributed by atoms with Crippen LogP contribution >= 0.6 is 0 Å². The van der Waals surface area contributed by atoms with E-state index in [4.69, 9.17) is 0 Å². The number of carbonyl (C=O) groups is 1. The summed E-state index contributed by atoms with van der Waals surface area (Å²) in [6.45, 7) is 6.27. The monoisotopic (exact) mass is 257 g/mol. The Morgan fingerprint density at radius 1 is 1.11 bits per heavy atom. The van der Waals surface area contributed by atoms with Crippen molar-refractivity contribution in [3.8, 4) is 0 Å². The zero-order valence-corrected chi connectivity index (χ0v) is 12.0. The Morgan fingerprint density at radius 2 is 1.84 bits per heavy atom. The first-order chi connectivity index (χ1) is 9.05. The number of amides is 1. The third-order valence-electron chi connectivity index (χ3n) is 5.42. The number of likely N-dealkylation sites (tertiary alicyclic amines) is 1. The zero-order chi connectivity index (χ0) is 13.5. The minimum Gasteiger partial charge on any atom is -0.338 e. The highest BCUT2D eigenvalue weighted by molar-refractivity contribution is 5.86. The fraction of sp³-hybridized carbons (Fsp3) is 0.588. The van der Waals surface area contributed by atoms with Crippen molar-refractivity contribution in [2.45, 2.75) is 46.1 Å². The molecule has 1 atom stereocenters. The molecule has 1 aromatic rings. The molecule has 1 spiro atoms. The summed E-state index contributed by atoms with van der Waals surface area (Å²) >= 11 is 0. The second-order valence-electron chi connectivity index (χ2n) is 6.78. The summed E-state index contributed by atoms with van der Waals surface area (Å²) in [5.74, 6) is 0.402. The molecule has 2 heteroatoms. The molecule has 1 heterocycles. The van der Waals surface area contributed by atoms with Crippen molar-refractivity contribution in [3.05, 3.63) is 35.9 Å². The Labute approximate surface area is 115 Å². The molecule has 0 radical (unpaired) electrons. The lowest BCUT2D eigenvalue weighted by molar-refractivity contribution is -0.140. The second-order valence-corrected chi connectivity index (χ2v) is 6.78. The summed E-state index contributed by atoms with van der Waals surface area (Å²) in [4.78, 5) is 14.9. The van der Waals surface area contributed by atoms with Gasteiger partial charge in [-0.2, -0.15) is 0 Å². The fourth-order valence-electron chi connectivity index (χ4n) is 4.06. The molecule has 1 unspecified atom stereocenters. The van der Waals surface area contributed by atoms with Gasteiger partial charge in [-0.1, -0.05) is 50.6 Å². The number of hydrogen-bond acceptors (Lipinski definition) is 1. The van der Waals surface area contributed by atoms with Crippen LogP contribution in [0.3, 0.4) is 0 Å². The molecule has 19 heavy (non-hydrogen) atoms. The normalized spacial score (nSPS) is 29.4. The number of carbonyl (C=O) groups excluding carboxylic acids is 1. The Balaban J connectivity index is 1.80. The summed E-state index contributed by atoms with van der Waals surface area (Å²) in [7, 11) is 0. The van der Waals surface area contributed by atoms with Crippen LogP contribution in [0.5, 0.6) is 0 Å². The average Bonchev–Trinajstić information content (AvgIpc) is 2.86. The lowest BCUT2D eigenvalue weighted by Gasteiger charge is -2.36. The van der Waals surface area contributed by atoms with Crippen LogP contribution in [0.2, 0.25) is 0 Å². The van der Waals surface area contributed by atoms with E-state index in [1.807, 2.05) is 18.2 Å². The lowest BCUT2D eigenvalue weighted by Crippen LogP contribution is -2.41. The maximum absolute atomic E-state index is 12.9. The molecule has 102 valence electrons. The molecular weight excluding hydrogens is 234 g/mol. The predicted molar refractivity (Wildman–Crippen MR) is 76.5 cm³/mol. The standard InChI is InChI=1S/C17H23NO/c1-16(2)9-6-10-17(16)11-12-18(15(17)19)13-14-7-4-3-5-8-14/h3-5,7-8H,6,9-13H2,1-2H3. The van der Waals surface area contributed by atoms with Gasteiger partial charge in [-0.15, -0.1) is 0 Å². The van der Waals surface area contributed by atoms with Gasteiger partial charge < -0.3 is 4.90 Å². The Morgan fingerprint density at radius 3 is 2.47 bits per heavy atom. The zero-order valence-electron chi connectivity index (χ0n) is 12.0. The third kappa shape index (κ3) is 1.89. The Hall–Kier alpha value is -1.31. The van der Waals surface area contributed by atoms with Crippen LogP contribution in [0.1, 0.15) is 45.1 Å². The number of hydrogen-bond donors (Lipinski definition) is 0. The molecule has 1 aromatic carbocycles. The average molecular weight is 257 g/mol. The van der Waals surface area contributed by atoms with Gasteiger partial charge in [0.1, 0.15) is 0 Å². The molecule has 3 rings (SSSR count). The largest absolute Gasteiger partial charge is 0.338 e. The predicted octanol–water partition coefficient (Wildman–Crippen LogP) is 3.62. The molecule has 1 aliphatic carbocycles. The first-order valence-corrected chi connectivity index (χ1v) is 7.39.